The Hall–Kier alpha value is -3.34. The Labute approximate surface area is 154 Å². The summed E-state index contributed by atoms with van der Waals surface area (Å²) < 4.78 is 24.7. The molecule has 10 nitrogen and oxygen atoms in total. The molecule has 0 fully saturated rings. The summed E-state index contributed by atoms with van der Waals surface area (Å²) >= 11 is 0. The van der Waals surface area contributed by atoms with Crippen molar-refractivity contribution in [2.24, 2.45) is 0 Å². The lowest BCUT2D eigenvalue weighted by molar-refractivity contribution is -0.383. The van der Waals surface area contributed by atoms with E-state index in [2.05, 4.69) is 15.1 Å². The molecule has 0 bridgehead atoms. The van der Waals surface area contributed by atoms with E-state index in [1.54, 1.807) is 25.3 Å². The van der Waals surface area contributed by atoms with E-state index < -0.39 is 20.0 Å². The summed E-state index contributed by atoms with van der Waals surface area (Å²) in [5, 5.41) is 14.8. The second-order valence-corrected chi connectivity index (χ2v) is 8.31. The van der Waals surface area contributed by atoms with Crippen molar-refractivity contribution in [1.82, 2.24) is 19.7 Å². The van der Waals surface area contributed by atoms with E-state index >= 15 is 0 Å². The Kier molecular flexibility index (Phi) is 4.62. The van der Waals surface area contributed by atoms with Crippen LogP contribution >= 0.6 is 0 Å². The van der Waals surface area contributed by atoms with Crippen LogP contribution < -0.4 is 5.73 Å². The summed E-state index contributed by atoms with van der Waals surface area (Å²) in [6.07, 6.45) is 7.04. The van der Waals surface area contributed by atoms with E-state index in [0.29, 0.717) is 22.5 Å². The molecule has 0 aliphatic carbocycles. The monoisotopic (exact) mass is 388 g/mol. The summed E-state index contributed by atoms with van der Waals surface area (Å²) in [6.45, 7) is 1.59. The molecule has 3 rings (SSSR count). The van der Waals surface area contributed by atoms with Crippen LogP contribution in [0.15, 0.2) is 43.0 Å². The van der Waals surface area contributed by atoms with Gasteiger partial charge in [0.1, 0.15) is 0 Å². The fourth-order valence-electron chi connectivity index (χ4n) is 2.50. The second kappa shape index (κ2) is 6.76. The first-order valence-corrected chi connectivity index (χ1v) is 9.73. The van der Waals surface area contributed by atoms with Gasteiger partial charge in [0.05, 0.1) is 21.9 Å². The number of nitro groups is 1. The average molecular weight is 388 g/mol. The maximum absolute atomic E-state index is 11.6. The summed E-state index contributed by atoms with van der Waals surface area (Å²) in [5.74, 6) is 0.262. The minimum Gasteiger partial charge on any atom is -0.378 e. The predicted molar refractivity (Wildman–Crippen MR) is 98.9 cm³/mol. The van der Waals surface area contributed by atoms with Gasteiger partial charge in [0.25, 0.3) is 0 Å². The van der Waals surface area contributed by atoms with Crippen molar-refractivity contribution >= 4 is 21.3 Å². The molecule has 3 aromatic rings. The zero-order chi connectivity index (χ0) is 19.8. The Morgan fingerprint density at radius 2 is 1.96 bits per heavy atom. The minimum absolute atomic E-state index is 0.178. The molecule has 0 amide bonds. The lowest BCUT2D eigenvalue weighted by Crippen LogP contribution is -2.08. The normalized spacial score (nSPS) is 12.7. The summed E-state index contributed by atoms with van der Waals surface area (Å²) in [5.41, 5.74) is 6.66. The number of sulfone groups is 1. The molecular formula is C16H16N6O4S. The standard InChI is InChI=1S/C16H16N6O4S/c1-10(27(2,25)26)11-3-4-14(19-7-11)21-9-12(8-20-21)13-5-6-18-16(17)15(13)22(23)24/h3-10H,1-2H3,(H2,17,18). The maximum atomic E-state index is 11.6. The fourth-order valence-corrected chi connectivity index (χ4v) is 3.14. The molecule has 11 heteroatoms. The van der Waals surface area contributed by atoms with Crippen LogP contribution in [0.1, 0.15) is 17.7 Å². The number of nitrogens with two attached hydrogens (primary N) is 1. The van der Waals surface area contributed by atoms with Crippen LogP contribution in [0.3, 0.4) is 0 Å². The minimum atomic E-state index is -3.23. The topological polar surface area (TPSA) is 147 Å². The largest absolute Gasteiger partial charge is 0.378 e. The summed E-state index contributed by atoms with van der Waals surface area (Å²) in [7, 11) is -3.23. The first kappa shape index (κ1) is 18.5. The molecule has 0 aliphatic heterocycles. The van der Waals surface area contributed by atoms with Gasteiger partial charge in [-0.1, -0.05) is 6.07 Å². The van der Waals surface area contributed by atoms with Crippen LogP contribution in [0.5, 0.6) is 0 Å². The molecule has 0 radical (unpaired) electrons. The highest BCUT2D eigenvalue weighted by Crippen LogP contribution is 2.33. The maximum Gasteiger partial charge on any atom is 0.319 e. The zero-order valence-corrected chi connectivity index (χ0v) is 15.3. The highest BCUT2D eigenvalue weighted by Gasteiger charge is 2.22. The van der Waals surface area contributed by atoms with E-state index in [0.717, 1.165) is 0 Å². The van der Waals surface area contributed by atoms with E-state index in [4.69, 9.17) is 5.73 Å². The Bertz CT molecular complexity index is 1110. The van der Waals surface area contributed by atoms with Gasteiger partial charge in [-0.05, 0) is 24.6 Å². The van der Waals surface area contributed by atoms with Gasteiger partial charge in [-0.3, -0.25) is 10.1 Å². The lowest BCUT2D eigenvalue weighted by atomic mass is 10.1. The number of hydrogen-bond donors (Lipinski definition) is 1. The van der Waals surface area contributed by atoms with Gasteiger partial charge in [-0.2, -0.15) is 5.10 Å². The van der Waals surface area contributed by atoms with Crippen molar-refractivity contribution in [3.8, 4) is 16.9 Å². The third-order valence-corrected chi connectivity index (χ3v) is 5.70. The van der Waals surface area contributed by atoms with Crippen molar-refractivity contribution in [3.05, 3.63) is 58.7 Å². The predicted octanol–water partition coefficient (Wildman–Crippen LogP) is 1.93. The average Bonchev–Trinajstić information content (AvgIpc) is 3.10. The van der Waals surface area contributed by atoms with Gasteiger partial charge in [0.2, 0.25) is 5.82 Å². The van der Waals surface area contributed by atoms with Crippen molar-refractivity contribution in [1.29, 1.82) is 0 Å². The second-order valence-electron chi connectivity index (χ2n) is 5.94. The molecule has 3 heterocycles. The Morgan fingerprint density at radius 3 is 2.56 bits per heavy atom. The Morgan fingerprint density at radius 1 is 1.22 bits per heavy atom. The van der Waals surface area contributed by atoms with Gasteiger partial charge in [-0.25, -0.2) is 23.1 Å². The van der Waals surface area contributed by atoms with Crippen LogP contribution in [-0.2, 0) is 9.84 Å². The van der Waals surface area contributed by atoms with E-state index in [-0.39, 0.29) is 11.5 Å². The molecule has 27 heavy (non-hydrogen) atoms. The van der Waals surface area contributed by atoms with Gasteiger partial charge in [-0.15, -0.1) is 0 Å². The molecule has 3 aromatic heterocycles. The third-order valence-electron chi connectivity index (χ3n) is 4.15. The molecule has 2 N–H and O–H groups in total. The van der Waals surface area contributed by atoms with Crippen LogP contribution in [0, 0.1) is 10.1 Å². The number of hydrogen-bond acceptors (Lipinski definition) is 8. The first-order chi connectivity index (χ1) is 12.7. The number of nitrogen functional groups attached to an aromatic ring is 1. The number of pyridine rings is 2. The van der Waals surface area contributed by atoms with Crippen molar-refractivity contribution in [2.75, 3.05) is 12.0 Å². The van der Waals surface area contributed by atoms with E-state index in [1.807, 2.05) is 0 Å². The van der Waals surface area contributed by atoms with Gasteiger partial charge >= 0.3 is 5.69 Å². The molecule has 0 aromatic carbocycles. The highest BCUT2D eigenvalue weighted by atomic mass is 32.2. The molecule has 0 spiro atoms. The van der Waals surface area contributed by atoms with Crippen molar-refractivity contribution in [2.45, 2.75) is 12.2 Å². The van der Waals surface area contributed by atoms with Gasteiger partial charge < -0.3 is 5.73 Å². The van der Waals surface area contributed by atoms with Crippen LogP contribution in [-0.4, -0.2) is 39.3 Å². The number of rotatable bonds is 5. The zero-order valence-electron chi connectivity index (χ0n) is 14.5. The summed E-state index contributed by atoms with van der Waals surface area (Å²) in [6, 6.07) is 4.77. The lowest BCUT2D eigenvalue weighted by Gasteiger charge is -2.09. The van der Waals surface area contributed by atoms with Crippen molar-refractivity contribution in [3.63, 3.8) is 0 Å². The molecule has 1 unspecified atom stereocenters. The first-order valence-electron chi connectivity index (χ1n) is 7.77. The van der Waals surface area contributed by atoms with Crippen LogP contribution in [0.25, 0.3) is 16.9 Å². The molecule has 140 valence electrons. The van der Waals surface area contributed by atoms with Gasteiger partial charge in [0.15, 0.2) is 15.7 Å². The van der Waals surface area contributed by atoms with Gasteiger partial charge in [0, 0.05) is 30.4 Å². The number of nitrogens with zero attached hydrogens (tertiary/aromatic N) is 5. The molecule has 0 aliphatic rings. The van der Waals surface area contributed by atoms with Crippen LogP contribution in [0.4, 0.5) is 11.5 Å². The Balaban J connectivity index is 1.96. The number of anilines is 1. The van der Waals surface area contributed by atoms with Crippen LogP contribution in [0.2, 0.25) is 0 Å². The smallest absolute Gasteiger partial charge is 0.319 e. The summed E-state index contributed by atoms with van der Waals surface area (Å²) in [4.78, 5) is 18.7. The molecule has 0 saturated heterocycles. The molecule has 0 saturated carbocycles. The molecule has 1 atom stereocenters. The SMILES string of the molecule is CC(c1ccc(-n2cc(-c3ccnc(N)c3[N+](=O)[O-])cn2)nc1)S(C)(=O)=O. The fraction of sp³-hybridized carbons (Fsp3) is 0.188. The third kappa shape index (κ3) is 3.62. The van der Waals surface area contributed by atoms with E-state index in [1.165, 1.54) is 35.6 Å². The quantitative estimate of drug-likeness (QED) is 0.515. The highest BCUT2D eigenvalue weighted by molar-refractivity contribution is 7.90. The van der Waals surface area contributed by atoms with Crippen molar-refractivity contribution < 1.29 is 13.3 Å². The van der Waals surface area contributed by atoms with E-state index in [9.17, 15) is 18.5 Å². The molecular weight excluding hydrogens is 372 g/mol. The number of aromatic nitrogens is 4.